The van der Waals surface area contributed by atoms with Gasteiger partial charge in [-0.3, -0.25) is 4.79 Å². The highest BCUT2D eigenvalue weighted by Crippen LogP contribution is 1.84. The van der Waals surface area contributed by atoms with Crippen LogP contribution in [-0.2, 0) is 0 Å². The zero-order chi connectivity index (χ0) is 3.58. The first-order chi connectivity index (χ1) is 1.73. The molecule has 0 radical (unpaired) electrons. The summed E-state index contributed by atoms with van der Waals surface area (Å²) in [7, 11) is 0. The Kier molecular flexibility index (Phi) is 1.66. The van der Waals surface area contributed by atoms with Crippen molar-refractivity contribution in [2.24, 2.45) is 0 Å². The third kappa shape index (κ3) is 56.3. The Morgan fingerprint density at radius 3 is 1.50 bits per heavy atom. The highest BCUT2D eigenvalue weighted by Gasteiger charge is 1.72. The Morgan fingerprint density at radius 1 is 1.50 bits per heavy atom. The molecule has 1 nitrogen and oxygen atoms in total. The van der Waals surface area contributed by atoms with Crippen LogP contribution < -0.4 is 0 Å². The molecule has 0 aromatic carbocycles. The van der Waals surface area contributed by atoms with E-state index < -0.39 is 4.70 Å². The van der Waals surface area contributed by atoms with Gasteiger partial charge in [-0.25, -0.2) is 0 Å². The second-order valence-electron chi connectivity index (χ2n) is 0.226. The van der Waals surface area contributed by atoms with Crippen molar-refractivity contribution < 1.29 is 4.79 Å². The van der Waals surface area contributed by atoms with Gasteiger partial charge in [-0.05, 0) is 23.2 Å². The molecule has 0 saturated carbocycles. The maximum atomic E-state index is 8.98. The maximum Gasteiger partial charge on any atom is 0.313 e. The van der Waals surface area contributed by atoms with E-state index in [1.807, 2.05) is 0 Å². The van der Waals surface area contributed by atoms with Crippen molar-refractivity contribution in [1.82, 2.24) is 0 Å². The molecular weight excluding hydrogens is 97.9 g/mol. The summed E-state index contributed by atoms with van der Waals surface area (Å²) in [5, 5.41) is 0. The molecule has 0 amide bonds. The van der Waals surface area contributed by atoms with E-state index in [-0.39, 0.29) is 0 Å². The molecule has 0 aromatic rings. The first-order valence-corrected chi connectivity index (χ1v) is 1.34. The quantitative estimate of drug-likeness (QED) is 0.420. The second-order valence-corrected chi connectivity index (χ2v) is 1.11. The average Bonchev–Trinajstić information content (AvgIpc) is 0.811. The van der Waals surface area contributed by atoms with Gasteiger partial charge in [0.25, 0.3) is 0 Å². The van der Waals surface area contributed by atoms with Gasteiger partial charge in [0, 0.05) is 0 Å². The lowest BCUT2D eigenvalue weighted by Gasteiger charge is -1.48. The summed E-state index contributed by atoms with van der Waals surface area (Å²) in [6, 6.07) is 0. The lowest BCUT2D eigenvalue weighted by molar-refractivity contribution is 0.275. The van der Waals surface area contributed by atoms with Gasteiger partial charge in [-0.2, -0.15) is 0 Å². The highest BCUT2D eigenvalue weighted by atomic mass is 35.5. The predicted octanol–water partition coefficient (Wildman–Crippen LogP) is 1.58. The van der Waals surface area contributed by atoms with E-state index in [1.165, 1.54) is 0 Å². The minimum Gasteiger partial charge on any atom is -0.262 e. The highest BCUT2D eigenvalue weighted by molar-refractivity contribution is 6.93. The molecule has 3 heteroatoms. The van der Waals surface area contributed by atoms with Crippen molar-refractivity contribution in [1.29, 1.82) is 0 Å². The van der Waals surface area contributed by atoms with Crippen LogP contribution in [-0.4, -0.2) is 4.70 Å². The topological polar surface area (TPSA) is 17.1 Å². The zero-order valence-corrected chi connectivity index (χ0v) is 3.18. The van der Waals surface area contributed by atoms with E-state index in [9.17, 15) is 0 Å². The lowest BCUT2D eigenvalue weighted by atomic mass is 10.8. The summed E-state index contributed by atoms with van der Waals surface area (Å²) in [4.78, 5) is 8.98. The van der Waals surface area contributed by atoms with Crippen molar-refractivity contribution in [3.05, 3.63) is 0 Å². The number of halogens is 2. The molecular formula is CCl2O. The van der Waals surface area contributed by atoms with Crippen LogP contribution in [0.25, 0.3) is 0 Å². The zero-order valence-electron chi connectivity index (χ0n) is 1.66. The summed E-state index contributed by atoms with van der Waals surface area (Å²) in [5.41, 5.74) is 0. The van der Waals surface area contributed by atoms with Gasteiger partial charge in [0.1, 0.15) is 0 Å². The molecule has 0 saturated heterocycles. The number of carbonyl (C=O) groups is 1. The minimum atomic E-state index is -0.889. The first kappa shape index (κ1) is 4.25. The molecule has 24 valence electrons. The molecule has 4 heavy (non-hydrogen) atoms. The van der Waals surface area contributed by atoms with E-state index in [1.54, 1.807) is 0 Å². The van der Waals surface area contributed by atoms with E-state index in [4.69, 9.17) is 4.79 Å². The molecule has 0 aliphatic rings. The molecule has 0 atom stereocenters. The van der Waals surface area contributed by atoms with Crippen molar-refractivity contribution >= 4 is 27.9 Å². The lowest BCUT2D eigenvalue weighted by Crippen LogP contribution is -1.46. The standard InChI is InChI=1S/CCl2O/c2-1(3)4/i1-1. The van der Waals surface area contributed by atoms with Crippen LogP contribution in [0.5, 0.6) is 0 Å². The maximum absolute atomic E-state index is 8.98. The average molecular weight is 97.9 g/mol. The van der Waals surface area contributed by atoms with Crippen molar-refractivity contribution in [3.63, 3.8) is 0 Å². The summed E-state index contributed by atoms with van der Waals surface area (Å²) in [6.45, 7) is 0. The number of hydrogen-bond donors (Lipinski definition) is 0. The van der Waals surface area contributed by atoms with Gasteiger partial charge >= 0.3 is 4.70 Å². The fraction of sp³-hybridized carbons (Fsp3) is 0. The number of hydrogen-bond acceptors (Lipinski definition) is 1. The summed E-state index contributed by atoms with van der Waals surface area (Å²) >= 11 is 8.80. The molecule has 0 fully saturated rings. The van der Waals surface area contributed by atoms with E-state index in [0.29, 0.717) is 0 Å². The Bertz CT molecular complexity index is 29.0. The molecule has 0 aliphatic heterocycles. The summed E-state index contributed by atoms with van der Waals surface area (Å²) in [6.07, 6.45) is 0. The number of carbonyl (C=O) groups excluding carboxylic acids is 1. The summed E-state index contributed by atoms with van der Waals surface area (Å²) in [5.74, 6) is 0. The monoisotopic (exact) mass is 96.9 g/mol. The SMILES string of the molecule is O=[11C](Cl)Cl. The van der Waals surface area contributed by atoms with Gasteiger partial charge in [-0.1, -0.05) is 0 Å². The van der Waals surface area contributed by atoms with E-state index in [2.05, 4.69) is 23.2 Å². The molecule has 0 bridgehead atoms. The predicted molar refractivity (Wildman–Crippen MR) is 17.1 cm³/mol. The van der Waals surface area contributed by atoms with Crippen LogP contribution >= 0.6 is 23.2 Å². The van der Waals surface area contributed by atoms with Crippen LogP contribution in [0.1, 0.15) is 0 Å². The minimum absolute atomic E-state index is 0.889. The number of rotatable bonds is 0. The summed E-state index contributed by atoms with van der Waals surface area (Å²) < 4.78 is -0.889. The van der Waals surface area contributed by atoms with Gasteiger partial charge < -0.3 is 0 Å². The van der Waals surface area contributed by atoms with Crippen molar-refractivity contribution in [2.75, 3.05) is 0 Å². The van der Waals surface area contributed by atoms with Crippen molar-refractivity contribution in [3.8, 4) is 0 Å². The van der Waals surface area contributed by atoms with Crippen LogP contribution in [0.2, 0.25) is 0 Å². The Labute approximate surface area is 33.5 Å². The van der Waals surface area contributed by atoms with Crippen LogP contribution in [0.3, 0.4) is 0 Å². The van der Waals surface area contributed by atoms with Crippen LogP contribution in [0.15, 0.2) is 0 Å². The smallest absolute Gasteiger partial charge is 0.262 e. The Hall–Kier alpha value is 0.250. The van der Waals surface area contributed by atoms with Gasteiger partial charge in [-0.15, -0.1) is 0 Å². The normalized spacial score (nSPS) is 6.50. The van der Waals surface area contributed by atoms with Crippen molar-refractivity contribution in [2.45, 2.75) is 0 Å². The van der Waals surface area contributed by atoms with Gasteiger partial charge in [0.05, 0.1) is 0 Å². The van der Waals surface area contributed by atoms with Gasteiger partial charge in [0.15, 0.2) is 0 Å². The molecule has 0 aromatic heterocycles. The largest absolute Gasteiger partial charge is 0.313 e. The first-order valence-electron chi connectivity index (χ1n) is 0.582. The van der Waals surface area contributed by atoms with Crippen LogP contribution in [0, 0.1) is 0 Å². The van der Waals surface area contributed by atoms with E-state index >= 15 is 0 Å². The second kappa shape index (κ2) is 1.56. The Morgan fingerprint density at radius 2 is 1.50 bits per heavy atom. The fourth-order valence-electron chi connectivity index (χ4n) is 0. The molecule has 0 spiro atoms. The van der Waals surface area contributed by atoms with Crippen LogP contribution in [0.4, 0.5) is 4.79 Å². The third-order valence-electron chi connectivity index (χ3n) is 0. The molecule has 0 N–H and O–H groups in total. The molecule has 0 unspecified atom stereocenters. The van der Waals surface area contributed by atoms with E-state index in [0.717, 1.165) is 0 Å². The Balaban J connectivity index is 2.80. The molecule has 0 aliphatic carbocycles. The third-order valence-corrected chi connectivity index (χ3v) is 0. The fourth-order valence-corrected chi connectivity index (χ4v) is 0. The molecule has 0 rings (SSSR count). The van der Waals surface area contributed by atoms with Gasteiger partial charge in [0.2, 0.25) is 0 Å². The molecule has 0 heterocycles.